The minimum absolute atomic E-state index is 0.190. The van der Waals surface area contributed by atoms with Gasteiger partial charge in [-0.05, 0) is 27.9 Å². The molecule has 0 aliphatic heterocycles. The molecule has 1 aromatic heterocycles. The molecule has 1 heterocycles. The lowest BCUT2D eigenvalue weighted by atomic mass is 10.1. The van der Waals surface area contributed by atoms with Crippen molar-refractivity contribution < 1.29 is 5.11 Å². The SMILES string of the molecule is OCCc1cccc2c(Br)c[nH]c12. The first kappa shape index (κ1) is 8.78. The third kappa shape index (κ3) is 1.49. The Morgan fingerprint density at radius 1 is 1.38 bits per heavy atom. The molecule has 1 aromatic carbocycles. The van der Waals surface area contributed by atoms with E-state index in [2.05, 4.69) is 27.0 Å². The maximum atomic E-state index is 8.86. The Morgan fingerprint density at radius 2 is 2.23 bits per heavy atom. The van der Waals surface area contributed by atoms with Gasteiger partial charge in [0, 0.05) is 28.2 Å². The highest BCUT2D eigenvalue weighted by Gasteiger charge is 2.04. The van der Waals surface area contributed by atoms with Gasteiger partial charge in [-0.2, -0.15) is 0 Å². The van der Waals surface area contributed by atoms with Crippen LogP contribution in [0.15, 0.2) is 28.9 Å². The van der Waals surface area contributed by atoms with Gasteiger partial charge >= 0.3 is 0 Å². The molecule has 0 aliphatic rings. The van der Waals surface area contributed by atoms with Crippen molar-refractivity contribution in [3.8, 4) is 0 Å². The minimum atomic E-state index is 0.190. The van der Waals surface area contributed by atoms with Crippen LogP contribution in [-0.4, -0.2) is 16.7 Å². The van der Waals surface area contributed by atoms with Crippen LogP contribution < -0.4 is 0 Å². The summed E-state index contributed by atoms with van der Waals surface area (Å²) < 4.78 is 1.07. The van der Waals surface area contributed by atoms with Gasteiger partial charge < -0.3 is 10.1 Å². The summed E-state index contributed by atoms with van der Waals surface area (Å²) in [6.07, 6.45) is 2.62. The summed E-state index contributed by atoms with van der Waals surface area (Å²) in [4.78, 5) is 3.18. The van der Waals surface area contributed by atoms with Gasteiger partial charge in [0.25, 0.3) is 0 Å². The van der Waals surface area contributed by atoms with Crippen molar-refractivity contribution in [3.05, 3.63) is 34.4 Å². The quantitative estimate of drug-likeness (QED) is 0.831. The van der Waals surface area contributed by atoms with Crippen molar-refractivity contribution in [1.82, 2.24) is 4.98 Å². The zero-order chi connectivity index (χ0) is 9.26. The Balaban J connectivity index is 2.63. The predicted molar refractivity (Wildman–Crippen MR) is 56.8 cm³/mol. The van der Waals surface area contributed by atoms with Gasteiger partial charge in [-0.15, -0.1) is 0 Å². The summed E-state index contributed by atoms with van der Waals surface area (Å²) in [7, 11) is 0. The molecule has 2 rings (SSSR count). The molecular formula is C10H10BrNO. The van der Waals surface area contributed by atoms with Crippen LogP contribution in [0.1, 0.15) is 5.56 Å². The van der Waals surface area contributed by atoms with Crippen LogP contribution in [0.25, 0.3) is 10.9 Å². The highest BCUT2D eigenvalue weighted by Crippen LogP contribution is 2.25. The van der Waals surface area contributed by atoms with Gasteiger partial charge in [-0.3, -0.25) is 0 Å². The zero-order valence-electron chi connectivity index (χ0n) is 7.05. The highest BCUT2D eigenvalue weighted by molar-refractivity contribution is 9.10. The normalized spacial score (nSPS) is 10.9. The number of H-pyrrole nitrogens is 1. The number of halogens is 1. The molecule has 0 saturated heterocycles. The molecule has 0 bridgehead atoms. The maximum absolute atomic E-state index is 8.86. The summed E-state index contributed by atoms with van der Waals surface area (Å²) in [5, 5.41) is 10.0. The molecule has 2 aromatic rings. The van der Waals surface area contributed by atoms with Gasteiger partial charge in [0.1, 0.15) is 0 Å². The molecule has 3 heteroatoms. The number of aliphatic hydroxyl groups is 1. The molecular weight excluding hydrogens is 230 g/mol. The van der Waals surface area contributed by atoms with E-state index in [1.165, 1.54) is 5.39 Å². The number of rotatable bonds is 2. The van der Waals surface area contributed by atoms with E-state index in [-0.39, 0.29) is 6.61 Å². The van der Waals surface area contributed by atoms with Gasteiger partial charge in [-0.1, -0.05) is 18.2 Å². The monoisotopic (exact) mass is 239 g/mol. The van der Waals surface area contributed by atoms with Crippen molar-refractivity contribution in [2.45, 2.75) is 6.42 Å². The van der Waals surface area contributed by atoms with E-state index in [4.69, 9.17) is 5.11 Å². The van der Waals surface area contributed by atoms with Crippen LogP contribution >= 0.6 is 15.9 Å². The lowest BCUT2D eigenvalue weighted by Gasteiger charge is -1.99. The molecule has 2 nitrogen and oxygen atoms in total. The van der Waals surface area contributed by atoms with Crippen LogP contribution in [0, 0.1) is 0 Å². The molecule has 0 aliphatic carbocycles. The van der Waals surface area contributed by atoms with E-state index in [1.54, 1.807) is 0 Å². The number of hydrogen-bond donors (Lipinski definition) is 2. The number of fused-ring (bicyclic) bond motifs is 1. The fourth-order valence-corrected chi connectivity index (χ4v) is 1.96. The van der Waals surface area contributed by atoms with E-state index < -0.39 is 0 Å². The number of hydrogen-bond acceptors (Lipinski definition) is 1. The summed E-state index contributed by atoms with van der Waals surface area (Å²) in [5.41, 5.74) is 2.27. The minimum Gasteiger partial charge on any atom is -0.396 e. The second kappa shape index (κ2) is 3.52. The molecule has 0 saturated carbocycles. The highest BCUT2D eigenvalue weighted by atomic mass is 79.9. The largest absolute Gasteiger partial charge is 0.396 e. The van der Waals surface area contributed by atoms with E-state index in [0.29, 0.717) is 6.42 Å². The molecule has 2 N–H and O–H groups in total. The third-order valence-electron chi connectivity index (χ3n) is 2.13. The molecule has 0 unspecified atom stereocenters. The van der Waals surface area contributed by atoms with Crippen LogP contribution in [0.2, 0.25) is 0 Å². The fraction of sp³-hybridized carbons (Fsp3) is 0.200. The van der Waals surface area contributed by atoms with E-state index in [1.807, 2.05) is 18.3 Å². The number of aliphatic hydroxyl groups excluding tert-OH is 1. The zero-order valence-corrected chi connectivity index (χ0v) is 8.63. The van der Waals surface area contributed by atoms with Crippen LogP contribution in [-0.2, 0) is 6.42 Å². The number of nitrogens with one attached hydrogen (secondary N) is 1. The van der Waals surface area contributed by atoms with Gasteiger partial charge in [0.05, 0.1) is 0 Å². The molecule has 0 atom stereocenters. The lowest BCUT2D eigenvalue weighted by Crippen LogP contribution is -1.91. The van der Waals surface area contributed by atoms with Gasteiger partial charge in [-0.25, -0.2) is 0 Å². The Hall–Kier alpha value is -0.800. The third-order valence-corrected chi connectivity index (χ3v) is 2.79. The topological polar surface area (TPSA) is 36.0 Å². The predicted octanol–water partition coefficient (Wildman–Crippen LogP) is 2.47. The number of para-hydroxylation sites is 1. The standard InChI is InChI=1S/C10H10BrNO/c11-9-6-12-10-7(4-5-13)2-1-3-8(9)10/h1-3,6,12-13H,4-5H2. The fourth-order valence-electron chi connectivity index (χ4n) is 1.51. The van der Waals surface area contributed by atoms with Crippen LogP contribution in [0.4, 0.5) is 0 Å². The van der Waals surface area contributed by atoms with Crippen molar-refractivity contribution in [2.75, 3.05) is 6.61 Å². The van der Waals surface area contributed by atoms with Gasteiger partial charge in [0.15, 0.2) is 0 Å². The molecule has 0 radical (unpaired) electrons. The van der Waals surface area contributed by atoms with E-state index >= 15 is 0 Å². The average molecular weight is 240 g/mol. The average Bonchev–Trinajstić information content (AvgIpc) is 2.50. The first-order chi connectivity index (χ1) is 6.33. The van der Waals surface area contributed by atoms with Crippen LogP contribution in [0.3, 0.4) is 0 Å². The Bertz CT molecular complexity index is 422. The smallest absolute Gasteiger partial charge is 0.0499 e. The Kier molecular flexibility index (Phi) is 2.38. The van der Waals surface area contributed by atoms with Crippen molar-refractivity contribution in [3.63, 3.8) is 0 Å². The Labute approximate surface area is 84.7 Å². The summed E-state index contributed by atoms with van der Waals surface area (Å²) in [6, 6.07) is 6.09. The Morgan fingerprint density at radius 3 is 3.00 bits per heavy atom. The molecule has 0 fully saturated rings. The van der Waals surface area contributed by atoms with Gasteiger partial charge in [0.2, 0.25) is 0 Å². The number of benzene rings is 1. The maximum Gasteiger partial charge on any atom is 0.0499 e. The number of aromatic nitrogens is 1. The van der Waals surface area contributed by atoms with Crippen molar-refractivity contribution in [2.24, 2.45) is 0 Å². The van der Waals surface area contributed by atoms with E-state index in [9.17, 15) is 0 Å². The molecule has 0 spiro atoms. The summed E-state index contributed by atoms with van der Waals surface area (Å²) >= 11 is 3.46. The second-order valence-corrected chi connectivity index (χ2v) is 3.80. The summed E-state index contributed by atoms with van der Waals surface area (Å²) in [6.45, 7) is 0.190. The lowest BCUT2D eigenvalue weighted by molar-refractivity contribution is 0.300. The van der Waals surface area contributed by atoms with Crippen LogP contribution in [0.5, 0.6) is 0 Å². The van der Waals surface area contributed by atoms with E-state index in [0.717, 1.165) is 15.6 Å². The van der Waals surface area contributed by atoms with Crippen molar-refractivity contribution >= 4 is 26.8 Å². The van der Waals surface area contributed by atoms with Crippen molar-refractivity contribution in [1.29, 1.82) is 0 Å². The summed E-state index contributed by atoms with van der Waals surface area (Å²) in [5.74, 6) is 0. The second-order valence-electron chi connectivity index (χ2n) is 2.95. The first-order valence-corrected chi connectivity index (χ1v) is 4.97. The molecule has 13 heavy (non-hydrogen) atoms. The molecule has 0 amide bonds. The first-order valence-electron chi connectivity index (χ1n) is 4.18. The number of aromatic amines is 1. The molecule has 68 valence electrons.